The van der Waals surface area contributed by atoms with Crippen molar-refractivity contribution in [2.45, 2.75) is 17.6 Å². The van der Waals surface area contributed by atoms with Gasteiger partial charge in [0.1, 0.15) is 5.82 Å². The number of halogens is 1. The van der Waals surface area contributed by atoms with E-state index < -0.39 is 5.91 Å². The first-order valence-electron chi connectivity index (χ1n) is 6.04. The molecule has 104 valence electrons. The zero-order chi connectivity index (χ0) is 14.7. The van der Waals surface area contributed by atoms with Crippen LogP contribution in [0.2, 0.25) is 0 Å². The van der Waals surface area contributed by atoms with E-state index in [4.69, 9.17) is 11.5 Å². The van der Waals surface area contributed by atoms with Crippen LogP contribution < -0.4 is 11.5 Å². The topological polar surface area (TPSA) is 69.1 Å². The van der Waals surface area contributed by atoms with E-state index in [1.165, 1.54) is 23.9 Å². The molecule has 0 aliphatic rings. The highest BCUT2D eigenvalue weighted by Crippen LogP contribution is 2.29. The molecule has 0 saturated heterocycles. The first kappa shape index (κ1) is 14.4. The first-order chi connectivity index (χ1) is 9.47. The molecule has 1 amide bonds. The summed E-state index contributed by atoms with van der Waals surface area (Å²) in [6.45, 7) is 1.91. The second-order valence-electron chi connectivity index (χ2n) is 4.48. The van der Waals surface area contributed by atoms with Crippen molar-refractivity contribution in [2.24, 2.45) is 5.73 Å². The molecule has 0 radical (unpaired) electrons. The number of hydrogen-bond donors (Lipinski definition) is 2. The van der Waals surface area contributed by atoms with Crippen molar-refractivity contribution < 1.29 is 9.18 Å². The van der Waals surface area contributed by atoms with Crippen LogP contribution in [0, 0.1) is 12.7 Å². The lowest BCUT2D eigenvalue weighted by Crippen LogP contribution is -2.11. The van der Waals surface area contributed by atoms with Gasteiger partial charge in [-0.1, -0.05) is 6.07 Å². The molecule has 0 fully saturated rings. The van der Waals surface area contributed by atoms with Gasteiger partial charge in [0.25, 0.3) is 0 Å². The molecule has 0 saturated carbocycles. The van der Waals surface area contributed by atoms with Crippen molar-refractivity contribution in [3.05, 3.63) is 58.9 Å². The van der Waals surface area contributed by atoms with Crippen molar-refractivity contribution in [1.29, 1.82) is 0 Å². The minimum atomic E-state index is -0.443. The maximum atomic E-state index is 13.2. The van der Waals surface area contributed by atoms with Gasteiger partial charge in [-0.25, -0.2) is 4.39 Å². The molecule has 0 spiro atoms. The number of anilines is 1. The Bertz CT molecular complexity index is 658. The molecule has 0 aromatic heterocycles. The highest BCUT2D eigenvalue weighted by molar-refractivity contribution is 7.98. The Hall–Kier alpha value is -2.01. The van der Waals surface area contributed by atoms with Crippen LogP contribution in [0.3, 0.4) is 0 Å². The molecule has 0 heterocycles. The highest BCUT2D eigenvalue weighted by atomic mass is 32.2. The Balaban J connectivity index is 2.15. The molecule has 0 aliphatic carbocycles. The number of carbonyl (C=O) groups excluding carboxylic acids is 1. The monoisotopic (exact) mass is 290 g/mol. The Morgan fingerprint density at radius 1 is 1.25 bits per heavy atom. The number of thioether (sulfide) groups is 1. The van der Waals surface area contributed by atoms with Crippen molar-refractivity contribution in [3.63, 3.8) is 0 Å². The fourth-order valence-corrected chi connectivity index (χ4v) is 2.87. The van der Waals surface area contributed by atoms with Crippen LogP contribution in [0.4, 0.5) is 10.1 Å². The lowest BCUT2D eigenvalue weighted by molar-refractivity contribution is 0.1000. The van der Waals surface area contributed by atoms with Gasteiger partial charge >= 0.3 is 0 Å². The average molecular weight is 290 g/mol. The molecular formula is C15H15FN2OS. The zero-order valence-corrected chi connectivity index (χ0v) is 11.8. The quantitative estimate of drug-likeness (QED) is 0.671. The largest absolute Gasteiger partial charge is 0.398 e. The third kappa shape index (κ3) is 3.30. The van der Waals surface area contributed by atoms with Crippen LogP contribution in [0.5, 0.6) is 0 Å². The van der Waals surface area contributed by atoms with E-state index in [1.807, 2.05) is 13.0 Å². The highest BCUT2D eigenvalue weighted by Gasteiger charge is 2.07. The van der Waals surface area contributed by atoms with Crippen LogP contribution >= 0.6 is 11.8 Å². The van der Waals surface area contributed by atoms with Gasteiger partial charge in [-0.2, -0.15) is 0 Å². The predicted molar refractivity (Wildman–Crippen MR) is 80.1 cm³/mol. The fraction of sp³-hybridized carbons (Fsp3) is 0.133. The van der Waals surface area contributed by atoms with Gasteiger partial charge in [0.15, 0.2) is 0 Å². The van der Waals surface area contributed by atoms with Crippen LogP contribution in [0.25, 0.3) is 0 Å². The molecule has 4 N–H and O–H groups in total. The number of amides is 1. The maximum Gasteiger partial charge on any atom is 0.248 e. The number of carbonyl (C=O) groups is 1. The molecule has 2 aromatic carbocycles. The standard InChI is InChI=1S/C15H15FN2OS/c1-9-6-10(15(18)19)2-3-11(9)8-20-14-7-12(16)4-5-13(14)17/h2-7H,8,17H2,1H3,(H2,18,19). The lowest BCUT2D eigenvalue weighted by atomic mass is 10.1. The lowest BCUT2D eigenvalue weighted by Gasteiger charge is -2.09. The van der Waals surface area contributed by atoms with Crippen molar-refractivity contribution in [1.82, 2.24) is 0 Å². The molecule has 3 nitrogen and oxygen atoms in total. The second kappa shape index (κ2) is 5.96. The third-order valence-electron chi connectivity index (χ3n) is 2.99. The van der Waals surface area contributed by atoms with Crippen molar-refractivity contribution >= 4 is 23.4 Å². The van der Waals surface area contributed by atoms with Gasteiger partial charge in [0, 0.05) is 21.9 Å². The number of benzene rings is 2. The Kier molecular flexibility index (Phi) is 4.29. The van der Waals surface area contributed by atoms with Crippen LogP contribution in [0.1, 0.15) is 21.5 Å². The number of aryl methyl sites for hydroxylation is 1. The number of primary amides is 1. The molecule has 0 bridgehead atoms. The molecule has 5 heteroatoms. The van der Waals surface area contributed by atoms with E-state index in [1.54, 1.807) is 18.2 Å². The summed E-state index contributed by atoms with van der Waals surface area (Å²) in [4.78, 5) is 11.8. The van der Waals surface area contributed by atoms with Gasteiger partial charge < -0.3 is 11.5 Å². The minimum absolute atomic E-state index is 0.303. The van der Waals surface area contributed by atoms with Gasteiger partial charge in [-0.3, -0.25) is 4.79 Å². The maximum absolute atomic E-state index is 13.2. The van der Waals surface area contributed by atoms with Gasteiger partial charge in [-0.15, -0.1) is 11.8 Å². The molecule has 0 aliphatic heterocycles. The normalized spacial score (nSPS) is 10.5. The second-order valence-corrected chi connectivity index (χ2v) is 5.49. The minimum Gasteiger partial charge on any atom is -0.398 e. The smallest absolute Gasteiger partial charge is 0.248 e. The molecule has 2 aromatic rings. The van der Waals surface area contributed by atoms with Crippen LogP contribution in [0.15, 0.2) is 41.3 Å². The number of rotatable bonds is 4. The molecule has 20 heavy (non-hydrogen) atoms. The van der Waals surface area contributed by atoms with Crippen LogP contribution in [-0.4, -0.2) is 5.91 Å². The van der Waals surface area contributed by atoms with E-state index in [-0.39, 0.29) is 5.82 Å². The zero-order valence-electron chi connectivity index (χ0n) is 11.0. The van der Waals surface area contributed by atoms with E-state index in [9.17, 15) is 9.18 Å². The molecule has 0 atom stereocenters. The van der Waals surface area contributed by atoms with E-state index in [0.717, 1.165) is 11.1 Å². The summed E-state index contributed by atoms with van der Waals surface area (Å²) < 4.78 is 13.2. The Labute approximate surface area is 121 Å². The number of hydrogen-bond acceptors (Lipinski definition) is 3. The van der Waals surface area contributed by atoms with Crippen molar-refractivity contribution in [2.75, 3.05) is 5.73 Å². The predicted octanol–water partition coefficient (Wildman–Crippen LogP) is 3.11. The summed E-state index contributed by atoms with van der Waals surface area (Å²) in [7, 11) is 0. The molecule has 0 unspecified atom stereocenters. The third-order valence-corrected chi connectivity index (χ3v) is 4.11. The summed E-state index contributed by atoms with van der Waals surface area (Å²) >= 11 is 1.46. The van der Waals surface area contributed by atoms with E-state index >= 15 is 0 Å². The first-order valence-corrected chi connectivity index (χ1v) is 7.03. The van der Waals surface area contributed by atoms with Gasteiger partial charge in [0.2, 0.25) is 5.91 Å². The molecule has 2 rings (SSSR count). The average Bonchev–Trinajstić information content (AvgIpc) is 2.40. The van der Waals surface area contributed by atoms with E-state index in [0.29, 0.717) is 21.9 Å². The number of nitrogens with two attached hydrogens (primary N) is 2. The summed E-state index contributed by atoms with van der Waals surface area (Å²) in [6.07, 6.45) is 0. The fourth-order valence-electron chi connectivity index (χ4n) is 1.80. The van der Waals surface area contributed by atoms with E-state index in [2.05, 4.69) is 0 Å². The van der Waals surface area contributed by atoms with Crippen molar-refractivity contribution in [3.8, 4) is 0 Å². The summed E-state index contributed by atoms with van der Waals surface area (Å²) in [5.41, 5.74) is 14.1. The van der Waals surface area contributed by atoms with Gasteiger partial charge in [-0.05, 0) is 48.4 Å². The molecular weight excluding hydrogens is 275 g/mol. The SMILES string of the molecule is Cc1cc(C(N)=O)ccc1CSc1cc(F)ccc1N. The number of nitrogen functional groups attached to an aromatic ring is 1. The summed E-state index contributed by atoms with van der Waals surface area (Å²) in [6, 6.07) is 9.63. The summed E-state index contributed by atoms with van der Waals surface area (Å²) in [5.74, 6) is -0.0948. The Morgan fingerprint density at radius 3 is 2.65 bits per heavy atom. The summed E-state index contributed by atoms with van der Waals surface area (Å²) in [5, 5.41) is 0. The Morgan fingerprint density at radius 2 is 2.00 bits per heavy atom. The van der Waals surface area contributed by atoms with Gasteiger partial charge in [0.05, 0.1) is 0 Å². The van der Waals surface area contributed by atoms with Crippen LogP contribution in [-0.2, 0) is 5.75 Å².